The molecule has 6 heteroatoms. The van der Waals surface area contributed by atoms with Crippen molar-refractivity contribution in [1.29, 1.82) is 0 Å². The van der Waals surface area contributed by atoms with Crippen molar-refractivity contribution < 1.29 is 23.9 Å². The van der Waals surface area contributed by atoms with Gasteiger partial charge in [0.2, 0.25) is 0 Å². The maximum Gasteiger partial charge on any atom is 0.331 e. The number of Topliss-reactive ketones (excluding diaryl/α,β-unsaturated/α-hetero) is 1. The summed E-state index contributed by atoms with van der Waals surface area (Å²) in [5.74, 6) is 0.0134. The molecule has 3 aliphatic carbocycles. The topological polar surface area (TPSA) is 81.7 Å². The van der Waals surface area contributed by atoms with Gasteiger partial charge in [-0.2, -0.15) is 0 Å². The van der Waals surface area contributed by atoms with Crippen LogP contribution in [-0.2, 0) is 23.9 Å². The van der Waals surface area contributed by atoms with Gasteiger partial charge in [-0.05, 0) is 48.5 Å². The zero-order valence-electron chi connectivity index (χ0n) is 21.4. The van der Waals surface area contributed by atoms with Gasteiger partial charge in [-0.1, -0.05) is 46.8 Å². The summed E-state index contributed by atoms with van der Waals surface area (Å²) in [4.78, 5) is 38.3. The van der Waals surface area contributed by atoms with Gasteiger partial charge in [-0.15, -0.1) is 0 Å². The van der Waals surface area contributed by atoms with E-state index in [1.807, 2.05) is 0 Å². The third kappa shape index (κ3) is 3.06. The Morgan fingerprint density at radius 2 is 1.85 bits per heavy atom. The first-order valence-corrected chi connectivity index (χ1v) is 12.9. The monoisotopic (exact) mass is 469 g/mol. The zero-order chi connectivity index (χ0) is 24.7. The van der Waals surface area contributed by atoms with Gasteiger partial charge in [-0.25, -0.2) is 4.79 Å². The normalized spacial score (nSPS) is 47.1. The number of hydrogen-bond acceptors (Lipinski definition) is 6. The van der Waals surface area contributed by atoms with Crippen molar-refractivity contribution in [1.82, 2.24) is 5.32 Å². The van der Waals surface area contributed by atoms with E-state index >= 15 is 0 Å². The molecule has 1 N–H and O–H groups in total. The molecule has 3 fully saturated rings. The average molecular weight is 470 g/mol. The maximum absolute atomic E-state index is 13.0. The van der Waals surface area contributed by atoms with E-state index < -0.39 is 10.8 Å². The van der Waals surface area contributed by atoms with Crippen molar-refractivity contribution in [2.75, 3.05) is 6.54 Å². The molecule has 6 nitrogen and oxygen atoms in total. The summed E-state index contributed by atoms with van der Waals surface area (Å²) in [5.41, 5.74) is -0.324. The van der Waals surface area contributed by atoms with Gasteiger partial charge in [0.1, 0.15) is 18.0 Å². The van der Waals surface area contributed by atoms with E-state index in [2.05, 4.69) is 52.1 Å². The summed E-state index contributed by atoms with van der Waals surface area (Å²) in [7, 11) is 0. The lowest BCUT2D eigenvalue weighted by Gasteiger charge is -2.68. The lowest BCUT2D eigenvalue weighted by molar-refractivity contribution is -0.210. The summed E-state index contributed by atoms with van der Waals surface area (Å²) in [6.45, 7) is 13.2. The summed E-state index contributed by atoms with van der Waals surface area (Å²) in [5, 5.41) is 3.46. The number of rotatable bonds is 2. The predicted molar refractivity (Wildman–Crippen MR) is 128 cm³/mol. The Balaban J connectivity index is 1.65. The highest BCUT2D eigenvalue weighted by Crippen LogP contribution is 2.71. The Kier molecular flexibility index (Phi) is 5.26. The molecular weight excluding hydrogens is 430 g/mol. The molecule has 34 heavy (non-hydrogen) atoms. The van der Waals surface area contributed by atoms with E-state index in [0.717, 1.165) is 31.4 Å². The third-order valence-electron chi connectivity index (χ3n) is 10.6. The largest absolute Gasteiger partial charge is 0.462 e. The highest BCUT2D eigenvalue weighted by molar-refractivity contribution is 5.86. The second-order valence-corrected chi connectivity index (χ2v) is 12.6. The standard InChI is InChI=1S/C28H39NO5/c1-16(30)33-22-14-19-25(2,3)21(31)10-12-26(19,4)18-9-11-27(5)20(28(18,22)6)15-23(32)34-24(27)17-8-7-13-29-17/h7-8,15,17-19,22,24,29H,9-14H2,1-6H3/t17?,18?,19?,22-,24+,26-,27-,28-/m1/s1. The highest BCUT2D eigenvalue weighted by atomic mass is 16.6. The molecular formula is C28H39NO5. The quantitative estimate of drug-likeness (QED) is 0.484. The van der Waals surface area contributed by atoms with Crippen LogP contribution in [0.1, 0.15) is 73.6 Å². The highest BCUT2D eigenvalue weighted by Gasteiger charge is 2.69. The van der Waals surface area contributed by atoms with Crippen molar-refractivity contribution >= 4 is 17.7 Å². The van der Waals surface area contributed by atoms with Crippen LogP contribution in [0, 0.1) is 33.5 Å². The minimum Gasteiger partial charge on any atom is -0.462 e. The smallest absolute Gasteiger partial charge is 0.331 e. The summed E-state index contributed by atoms with van der Waals surface area (Å²) >= 11 is 0. The van der Waals surface area contributed by atoms with Gasteiger partial charge in [0.05, 0.1) is 6.04 Å². The number of carbonyl (C=O) groups excluding carboxylic acids is 3. The molecule has 0 saturated heterocycles. The fourth-order valence-corrected chi connectivity index (χ4v) is 8.99. The predicted octanol–water partition coefficient (Wildman–Crippen LogP) is 4.14. The second kappa shape index (κ2) is 7.52. The van der Waals surface area contributed by atoms with Crippen molar-refractivity contribution in [3.63, 3.8) is 0 Å². The first-order chi connectivity index (χ1) is 15.8. The Morgan fingerprint density at radius 1 is 1.12 bits per heavy atom. The summed E-state index contributed by atoms with van der Waals surface area (Å²) in [6, 6.07) is -0.0249. The van der Waals surface area contributed by atoms with Gasteiger partial charge in [-0.3, -0.25) is 9.59 Å². The third-order valence-corrected chi connectivity index (χ3v) is 10.6. The molecule has 2 aliphatic heterocycles. The molecule has 8 atom stereocenters. The van der Waals surface area contributed by atoms with E-state index in [-0.39, 0.29) is 52.9 Å². The first kappa shape index (κ1) is 23.8. The molecule has 0 radical (unpaired) electrons. The van der Waals surface area contributed by atoms with E-state index in [0.29, 0.717) is 18.6 Å². The number of carbonyl (C=O) groups is 3. The second-order valence-electron chi connectivity index (χ2n) is 12.6. The van der Waals surface area contributed by atoms with Crippen LogP contribution in [0.15, 0.2) is 23.8 Å². The van der Waals surface area contributed by atoms with Crippen LogP contribution >= 0.6 is 0 Å². The number of fused-ring (bicyclic) bond motifs is 5. The number of cyclic esters (lactones) is 1. The number of esters is 2. The Hall–Kier alpha value is -1.95. The van der Waals surface area contributed by atoms with Crippen LogP contribution in [0.4, 0.5) is 0 Å². The number of hydrogen-bond donors (Lipinski definition) is 1. The molecule has 3 unspecified atom stereocenters. The van der Waals surface area contributed by atoms with Crippen molar-refractivity contribution in [2.45, 2.75) is 91.9 Å². The van der Waals surface area contributed by atoms with E-state index in [4.69, 9.17) is 9.47 Å². The minimum absolute atomic E-state index is 0.0249. The molecule has 0 bridgehead atoms. The molecule has 0 aromatic heterocycles. The maximum atomic E-state index is 13.0. The molecule has 0 aromatic carbocycles. The van der Waals surface area contributed by atoms with Crippen LogP contribution in [0.2, 0.25) is 0 Å². The molecule has 0 amide bonds. The van der Waals surface area contributed by atoms with E-state index in [9.17, 15) is 14.4 Å². The van der Waals surface area contributed by atoms with Crippen molar-refractivity contribution in [3.05, 3.63) is 23.8 Å². The van der Waals surface area contributed by atoms with Crippen molar-refractivity contribution in [3.8, 4) is 0 Å². The van der Waals surface area contributed by atoms with Crippen LogP contribution < -0.4 is 5.32 Å². The molecule has 186 valence electrons. The molecule has 0 aromatic rings. The van der Waals surface area contributed by atoms with E-state index in [1.165, 1.54) is 6.92 Å². The van der Waals surface area contributed by atoms with Gasteiger partial charge in [0.15, 0.2) is 0 Å². The molecule has 5 rings (SSSR count). The lowest BCUT2D eigenvalue weighted by Crippen LogP contribution is -2.67. The fourth-order valence-electron chi connectivity index (χ4n) is 8.99. The zero-order valence-corrected chi connectivity index (χ0v) is 21.4. The lowest BCUT2D eigenvalue weighted by atomic mass is 9.37. The number of ketones is 1. The Bertz CT molecular complexity index is 997. The molecule has 2 heterocycles. The SMILES string of the molecule is CC(=O)O[C@@H]1CC2C(C)(C)C(=O)CC[C@]2(C)C2CC[C@]3(C)C(=CC(=O)O[C@H]3C3C=CCN3)[C@@]21C. The van der Waals surface area contributed by atoms with Crippen LogP contribution in [0.5, 0.6) is 0 Å². The minimum atomic E-state index is -0.500. The van der Waals surface area contributed by atoms with Crippen LogP contribution in [-0.4, -0.2) is 42.5 Å². The molecule has 5 aliphatic rings. The first-order valence-electron chi connectivity index (χ1n) is 12.9. The fraction of sp³-hybridized carbons (Fsp3) is 0.750. The Morgan fingerprint density at radius 3 is 2.50 bits per heavy atom. The van der Waals surface area contributed by atoms with Crippen LogP contribution in [0.3, 0.4) is 0 Å². The van der Waals surface area contributed by atoms with Crippen molar-refractivity contribution in [2.24, 2.45) is 33.5 Å². The van der Waals surface area contributed by atoms with Gasteiger partial charge in [0.25, 0.3) is 0 Å². The summed E-state index contributed by atoms with van der Waals surface area (Å²) < 4.78 is 12.1. The Labute approximate surface area is 202 Å². The van der Waals surface area contributed by atoms with Gasteiger partial charge in [0, 0.05) is 42.2 Å². The molecule has 0 spiro atoms. The van der Waals surface area contributed by atoms with Gasteiger partial charge >= 0.3 is 11.9 Å². The average Bonchev–Trinajstić information content (AvgIpc) is 3.28. The van der Waals surface area contributed by atoms with Crippen LogP contribution in [0.25, 0.3) is 0 Å². The van der Waals surface area contributed by atoms with E-state index in [1.54, 1.807) is 6.08 Å². The summed E-state index contributed by atoms with van der Waals surface area (Å²) in [6.07, 6.45) is 9.13. The number of ether oxygens (including phenoxy) is 2. The van der Waals surface area contributed by atoms with Gasteiger partial charge < -0.3 is 14.8 Å². The molecule has 3 saturated carbocycles. The number of nitrogens with one attached hydrogen (secondary N) is 1.